The maximum atomic E-state index is 13.7. The Hall–Kier alpha value is -4.05. The first-order valence-electron chi connectivity index (χ1n) is 11.2. The second-order valence-electron chi connectivity index (χ2n) is 8.31. The molecular weight excluding hydrogens is 474 g/mol. The van der Waals surface area contributed by atoms with Crippen LogP contribution >= 0.6 is 0 Å². The number of methoxy groups -OCH3 is 3. The van der Waals surface area contributed by atoms with Gasteiger partial charge in [0.15, 0.2) is 34.6 Å². The number of nitrogens with one attached hydrogen (secondary N) is 2. The van der Waals surface area contributed by atoms with Gasteiger partial charge < -0.3 is 29.0 Å². The van der Waals surface area contributed by atoms with Gasteiger partial charge in [-0.05, 0) is 47.9 Å². The highest BCUT2D eigenvalue weighted by Gasteiger charge is 2.37. The van der Waals surface area contributed by atoms with Gasteiger partial charge in [0.1, 0.15) is 0 Å². The van der Waals surface area contributed by atoms with Gasteiger partial charge in [-0.3, -0.25) is 10.1 Å². The van der Waals surface area contributed by atoms with Crippen LogP contribution < -0.4 is 34.3 Å². The Kier molecular flexibility index (Phi) is 6.27. The van der Waals surface area contributed by atoms with Crippen LogP contribution in [0.1, 0.15) is 22.7 Å². The van der Waals surface area contributed by atoms with Crippen molar-refractivity contribution in [1.29, 1.82) is 0 Å². The number of amides is 1. The molecule has 2 atom stereocenters. The molecule has 10 heteroatoms. The lowest BCUT2D eigenvalue weighted by molar-refractivity contribution is -0.118. The minimum atomic E-state index is -1.05. The smallest absolute Gasteiger partial charge is 0.241 e. The maximum Gasteiger partial charge on any atom is 0.241 e. The summed E-state index contributed by atoms with van der Waals surface area (Å²) in [5.74, 6) is 0.122. The zero-order valence-corrected chi connectivity index (χ0v) is 19.8. The first-order valence-corrected chi connectivity index (χ1v) is 11.2. The zero-order valence-electron chi connectivity index (χ0n) is 19.8. The molecule has 5 rings (SSSR count). The van der Waals surface area contributed by atoms with Gasteiger partial charge in [0.2, 0.25) is 18.4 Å². The summed E-state index contributed by atoms with van der Waals surface area (Å²) in [6, 6.07) is 9.33. The lowest BCUT2D eigenvalue weighted by Crippen LogP contribution is -2.47. The third-order valence-electron chi connectivity index (χ3n) is 6.27. The van der Waals surface area contributed by atoms with E-state index in [4.69, 9.17) is 23.7 Å². The lowest BCUT2D eigenvalue weighted by Gasteiger charge is -2.35. The number of hydrogen-bond donors (Lipinski definition) is 2. The van der Waals surface area contributed by atoms with Crippen LogP contribution in [-0.4, -0.2) is 40.1 Å². The van der Waals surface area contributed by atoms with Crippen molar-refractivity contribution in [1.82, 2.24) is 5.32 Å². The number of carbonyl (C=O) groups is 1. The van der Waals surface area contributed by atoms with Crippen molar-refractivity contribution in [2.24, 2.45) is 0 Å². The van der Waals surface area contributed by atoms with Gasteiger partial charge in [-0.2, -0.15) is 0 Å². The number of rotatable bonds is 6. The van der Waals surface area contributed by atoms with E-state index in [1.807, 2.05) is 18.2 Å². The summed E-state index contributed by atoms with van der Waals surface area (Å²) < 4.78 is 54.9. The second kappa shape index (κ2) is 9.54. The number of fused-ring (bicyclic) bond motifs is 2. The molecule has 0 saturated heterocycles. The molecule has 2 aliphatic heterocycles. The molecule has 8 nitrogen and oxygen atoms in total. The van der Waals surface area contributed by atoms with E-state index >= 15 is 0 Å². The van der Waals surface area contributed by atoms with E-state index < -0.39 is 29.6 Å². The molecule has 188 valence electrons. The van der Waals surface area contributed by atoms with Gasteiger partial charge in [-0.25, -0.2) is 8.78 Å². The molecule has 0 aromatic heterocycles. The first kappa shape index (κ1) is 23.7. The number of ether oxygens (including phenoxy) is 5. The summed E-state index contributed by atoms with van der Waals surface area (Å²) in [6.07, 6.45) is 0.280. The normalized spacial score (nSPS) is 17.8. The number of benzene rings is 3. The maximum absolute atomic E-state index is 13.7. The third-order valence-corrected chi connectivity index (χ3v) is 6.27. The van der Waals surface area contributed by atoms with E-state index in [2.05, 4.69) is 10.6 Å². The zero-order chi connectivity index (χ0) is 25.4. The summed E-state index contributed by atoms with van der Waals surface area (Å²) in [4.78, 5) is 13.2. The first-order chi connectivity index (χ1) is 17.4. The second-order valence-corrected chi connectivity index (χ2v) is 8.31. The lowest BCUT2D eigenvalue weighted by atomic mass is 9.85. The van der Waals surface area contributed by atoms with E-state index in [-0.39, 0.29) is 18.9 Å². The van der Waals surface area contributed by atoms with Gasteiger partial charge in [0, 0.05) is 17.3 Å². The van der Waals surface area contributed by atoms with Crippen LogP contribution in [0.15, 0.2) is 42.5 Å². The average molecular weight is 498 g/mol. The standard InChI is InChI=1S/C26H24F2N2O6/c1-32-21-10-14-8-18(26(31)29-15-5-6-16(27)17(28)11-15)30-23(22(14)25(34-3)24(21)33-2)13-4-7-19-20(9-13)36-12-35-19/h4-7,9-11,18,23,30H,8,12H2,1-3H3,(H,29,31)/t18-,23+/m0/s1. The summed E-state index contributed by atoms with van der Waals surface area (Å²) in [6.45, 7) is 0.126. The predicted molar refractivity (Wildman–Crippen MR) is 126 cm³/mol. The van der Waals surface area contributed by atoms with Crippen LogP contribution in [0.3, 0.4) is 0 Å². The molecule has 1 amide bonds. The van der Waals surface area contributed by atoms with Crippen molar-refractivity contribution < 1.29 is 37.3 Å². The minimum absolute atomic E-state index is 0.126. The van der Waals surface area contributed by atoms with E-state index in [0.29, 0.717) is 28.7 Å². The Labute approximate surface area is 206 Å². The van der Waals surface area contributed by atoms with Crippen LogP contribution in [0.25, 0.3) is 0 Å². The fourth-order valence-corrected chi connectivity index (χ4v) is 4.61. The largest absolute Gasteiger partial charge is 0.493 e. The SMILES string of the molecule is COc1cc2c(c(OC)c1OC)[C@@H](c1ccc3c(c1)OCO3)N[C@H](C(=O)Nc1ccc(F)c(F)c1)C2. The molecule has 2 N–H and O–H groups in total. The highest BCUT2D eigenvalue weighted by atomic mass is 19.2. The van der Waals surface area contributed by atoms with Crippen molar-refractivity contribution in [3.8, 4) is 28.7 Å². The van der Waals surface area contributed by atoms with Gasteiger partial charge in [0.25, 0.3) is 0 Å². The van der Waals surface area contributed by atoms with Crippen molar-refractivity contribution in [3.05, 3.63) is 70.8 Å². The van der Waals surface area contributed by atoms with E-state index in [1.54, 1.807) is 6.07 Å². The summed E-state index contributed by atoms with van der Waals surface area (Å²) in [7, 11) is 4.58. The molecular formula is C26H24F2N2O6. The molecule has 0 spiro atoms. The fraction of sp³-hybridized carbons (Fsp3) is 0.269. The third kappa shape index (κ3) is 4.13. The number of anilines is 1. The molecule has 36 heavy (non-hydrogen) atoms. The minimum Gasteiger partial charge on any atom is -0.493 e. The van der Waals surface area contributed by atoms with E-state index in [1.165, 1.54) is 27.4 Å². The highest BCUT2D eigenvalue weighted by molar-refractivity contribution is 5.95. The van der Waals surface area contributed by atoms with Crippen LogP contribution in [-0.2, 0) is 11.2 Å². The van der Waals surface area contributed by atoms with Gasteiger partial charge in [0.05, 0.1) is 33.4 Å². The van der Waals surface area contributed by atoms with Crippen molar-refractivity contribution in [2.45, 2.75) is 18.5 Å². The van der Waals surface area contributed by atoms with Gasteiger partial charge >= 0.3 is 0 Å². The molecule has 3 aromatic carbocycles. The molecule has 3 aromatic rings. The van der Waals surface area contributed by atoms with Crippen LogP contribution in [0.4, 0.5) is 14.5 Å². The molecule has 0 unspecified atom stereocenters. The Balaban J connectivity index is 1.57. The van der Waals surface area contributed by atoms with Crippen LogP contribution in [0.5, 0.6) is 28.7 Å². The van der Waals surface area contributed by atoms with Gasteiger partial charge in [-0.15, -0.1) is 0 Å². The van der Waals surface area contributed by atoms with E-state index in [0.717, 1.165) is 28.8 Å². The van der Waals surface area contributed by atoms with E-state index in [9.17, 15) is 13.6 Å². The quantitative estimate of drug-likeness (QED) is 0.532. The molecule has 2 aliphatic rings. The fourth-order valence-electron chi connectivity index (χ4n) is 4.61. The van der Waals surface area contributed by atoms with Crippen molar-refractivity contribution in [3.63, 3.8) is 0 Å². The molecule has 0 aliphatic carbocycles. The number of carbonyl (C=O) groups excluding carboxylic acids is 1. The molecule has 0 fully saturated rings. The monoisotopic (exact) mass is 498 g/mol. The summed E-state index contributed by atoms with van der Waals surface area (Å²) >= 11 is 0. The topological polar surface area (TPSA) is 87.3 Å². The van der Waals surface area contributed by atoms with Crippen LogP contribution in [0.2, 0.25) is 0 Å². The summed E-state index contributed by atoms with van der Waals surface area (Å²) in [5.41, 5.74) is 2.54. The summed E-state index contributed by atoms with van der Waals surface area (Å²) in [5, 5.41) is 6.04. The molecule has 0 radical (unpaired) electrons. The Morgan fingerprint density at radius 2 is 1.72 bits per heavy atom. The predicted octanol–water partition coefficient (Wildman–Crippen LogP) is 3.96. The molecule has 0 saturated carbocycles. The molecule has 2 heterocycles. The molecule has 0 bridgehead atoms. The Morgan fingerprint density at radius 3 is 2.44 bits per heavy atom. The average Bonchev–Trinajstić information content (AvgIpc) is 3.36. The number of halogens is 2. The Bertz CT molecular complexity index is 1330. The van der Waals surface area contributed by atoms with Crippen molar-refractivity contribution in [2.75, 3.05) is 33.4 Å². The Morgan fingerprint density at radius 1 is 0.944 bits per heavy atom. The van der Waals surface area contributed by atoms with Gasteiger partial charge in [-0.1, -0.05) is 6.07 Å². The van der Waals surface area contributed by atoms with Crippen LogP contribution in [0, 0.1) is 11.6 Å². The highest BCUT2D eigenvalue weighted by Crippen LogP contribution is 2.48. The van der Waals surface area contributed by atoms with Crippen molar-refractivity contribution >= 4 is 11.6 Å². The number of hydrogen-bond acceptors (Lipinski definition) is 7.